The summed E-state index contributed by atoms with van der Waals surface area (Å²) in [6.07, 6.45) is 0.623. The number of carbonyl (C=O) groups is 1. The van der Waals surface area contributed by atoms with Gasteiger partial charge in [0.1, 0.15) is 0 Å². The second kappa shape index (κ2) is 8.21. The molecule has 0 radical (unpaired) electrons. The Bertz CT molecular complexity index is 946. The van der Waals surface area contributed by atoms with Crippen LogP contribution in [-0.2, 0) is 16.4 Å². The summed E-state index contributed by atoms with van der Waals surface area (Å²) in [5.41, 5.74) is 3.74. The van der Waals surface area contributed by atoms with Gasteiger partial charge in [-0.05, 0) is 45.7 Å². The SMILES string of the molecule is Cc1cc(C(=O)CN(Cc2ccccc2)C(C)C)c(C)n1C1CCS(=O)(=O)C1. The fourth-order valence-electron chi connectivity index (χ4n) is 4.11. The Morgan fingerprint density at radius 3 is 2.46 bits per heavy atom. The molecule has 2 aromatic rings. The van der Waals surface area contributed by atoms with Crippen molar-refractivity contribution >= 4 is 15.6 Å². The molecule has 6 heteroatoms. The van der Waals surface area contributed by atoms with Crippen molar-refractivity contribution in [1.82, 2.24) is 9.47 Å². The molecule has 1 aliphatic rings. The lowest BCUT2D eigenvalue weighted by atomic mass is 10.1. The van der Waals surface area contributed by atoms with E-state index in [0.29, 0.717) is 18.5 Å². The molecule has 0 saturated carbocycles. The first-order valence-corrected chi connectivity index (χ1v) is 11.7. The topological polar surface area (TPSA) is 59.4 Å². The van der Waals surface area contributed by atoms with E-state index in [-0.39, 0.29) is 29.4 Å². The van der Waals surface area contributed by atoms with Crippen molar-refractivity contribution in [3.63, 3.8) is 0 Å². The molecule has 152 valence electrons. The molecule has 0 amide bonds. The molecule has 0 aliphatic carbocycles. The predicted octanol–water partition coefficient (Wildman–Crippen LogP) is 3.56. The third-order valence-electron chi connectivity index (χ3n) is 5.66. The van der Waals surface area contributed by atoms with Crippen molar-refractivity contribution in [1.29, 1.82) is 0 Å². The Labute approximate surface area is 168 Å². The minimum atomic E-state index is -2.97. The summed E-state index contributed by atoms with van der Waals surface area (Å²) in [7, 11) is -2.97. The van der Waals surface area contributed by atoms with Gasteiger partial charge in [-0.15, -0.1) is 0 Å². The summed E-state index contributed by atoms with van der Waals surface area (Å²) in [5, 5.41) is 0. The number of sulfone groups is 1. The average molecular weight is 403 g/mol. The Balaban J connectivity index is 1.79. The number of hydrogen-bond acceptors (Lipinski definition) is 4. The molecule has 0 bridgehead atoms. The summed E-state index contributed by atoms with van der Waals surface area (Å²) in [6.45, 7) is 9.16. The molecule has 5 nitrogen and oxygen atoms in total. The van der Waals surface area contributed by atoms with E-state index in [1.54, 1.807) is 0 Å². The molecule has 28 heavy (non-hydrogen) atoms. The van der Waals surface area contributed by atoms with E-state index in [0.717, 1.165) is 17.9 Å². The maximum absolute atomic E-state index is 13.1. The van der Waals surface area contributed by atoms with Crippen LogP contribution in [0.1, 0.15) is 53.6 Å². The van der Waals surface area contributed by atoms with Gasteiger partial charge in [0.25, 0.3) is 0 Å². The molecule has 2 heterocycles. The van der Waals surface area contributed by atoms with Crippen LogP contribution in [0.3, 0.4) is 0 Å². The van der Waals surface area contributed by atoms with Crippen LogP contribution in [0, 0.1) is 13.8 Å². The lowest BCUT2D eigenvalue weighted by molar-refractivity contribution is 0.0897. The Hall–Kier alpha value is -1.92. The molecular formula is C22H30N2O3S. The summed E-state index contributed by atoms with van der Waals surface area (Å²) in [5.74, 6) is 0.490. The lowest BCUT2D eigenvalue weighted by Crippen LogP contribution is -2.35. The highest BCUT2D eigenvalue weighted by molar-refractivity contribution is 7.91. The molecule has 1 aliphatic heterocycles. The number of Topliss-reactive ketones (excluding diaryl/α,β-unsaturated/α-hetero) is 1. The van der Waals surface area contributed by atoms with Gasteiger partial charge in [0, 0.05) is 35.6 Å². The van der Waals surface area contributed by atoms with Gasteiger partial charge in [-0.25, -0.2) is 8.42 Å². The molecule has 1 aromatic carbocycles. The van der Waals surface area contributed by atoms with Crippen LogP contribution in [0.15, 0.2) is 36.4 Å². The van der Waals surface area contributed by atoms with E-state index in [1.165, 1.54) is 5.56 Å². The molecule has 0 spiro atoms. The lowest BCUT2D eigenvalue weighted by Gasteiger charge is -2.26. The van der Waals surface area contributed by atoms with Crippen molar-refractivity contribution in [3.8, 4) is 0 Å². The highest BCUT2D eigenvalue weighted by atomic mass is 32.2. The Morgan fingerprint density at radius 1 is 1.21 bits per heavy atom. The summed E-state index contributed by atoms with van der Waals surface area (Å²) < 4.78 is 25.8. The minimum absolute atomic E-state index is 0.0583. The van der Waals surface area contributed by atoms with Crippen LogP contribution in [0.25, 0.3) is 0 Å². The van der Waals surface area contributed by atoms with Crippen LogP contribution in [-0.4, -0.2) is 47.8 Å². The molecular weight excluding hydrogens is 372 g/mol. The van der Waals surface area contributed by atoms with Gasteiger partial charge >= 0.3 is 0 Å². The van der Waals surface area contributed by atoms with Crippen molar-refractivity contribution in [3.05, 3.63) is 58.9 Å². The van der Waals surface area contributed by atoms with Gasteiger partial charge in [-0.3, -0.25) is 9.69 Å². The first-order chi connectivity index (χ1) is 13.2. The minimum Gasteiger partial charge on any atom is -0.344 e. The molecule has 1 atom stereocenters. The van der Waals surface area contributed by atoms with E-state index in [1.807, 2.05) is 38.1 Å². The first kappa shape index (κ1) is 20.8. The average Bonchev–Trinajstić information content (AvgIpc) is 3.13. The van der Waals surface area contributed by atoms with Crippen molar-refractivity contribution in [2.24, 2.45) is 0 Å². The number of hydrogen-bond donors (Lipinski definition) is 0. The maximum Gasteiger partial charge on any atom is 0.178 e. The quantitative estimate of drug-likeness (QED) is 0.665. The van der Waals surface area contributed by atoms with Crippen LogP contribution in [0.2, 0.25) is 0 Å². The summed E-state index contributed by atoms with van der Waals surface area (Å²) in [6, 6.07) is 12.3. The Kier molecular flexibility index (Phi) is 6.10. The number of ketones is 1. The number of nitrogens with zero attached hydrogens (tertiary/aromatic N) is 2. The van der Waals surface area contributed by atoms with Gasteiger partial charge in [0.2, 0.25) is 0 Å². The maximum atomic E-state index is 13.1. The van der Waals surface area contributed by atoms with E-state index >= 15 is 0 Å². The van der Waals surface area contributed by atoms with Crippen LogP contribution >= 0.6 is 0 Å². The zero-order valence-electron chi connectivity index (χ0n) is 17.2. The summed E-state index contributed by atoms with van der Waals surface area (Å²) in [4.78, 5) is 15.3. The monoisotopic (exact) mass is 402 g/mol. The fraction of sp³-hybridized carbons (Fsp3) is 0.500. The van der Waals surface area contributed by atoms with Gasteiger partial charge in [-0.2, -0.15) is 0 Å². The van der Waals surface area contributed by atoms with Crippen LogP contribution in [0.5, 0.6) is 0 Å². The van der Waals surface area contributed by atoms with E-state index in [2.05, 4.69) is 35.4 Å². The standard InChI is InChI=1S/C22H30N2O3S/c1-16(2)23(13-19-8-6-5-7-9-19)14-22(25)21-12-17(3)24(18(21)4)20-10-11-28(26,27)15-20/h5-9,12,16,20H,10-11,13-15H2,1-4H3. The molecule has 1 saturated heterocycles. The fourth-order valence-corrected chi connectivity index (χ4v) is 5.81. The van der Waals surface area contributed by atoms with E-state index in [4.69, 9.17) is 0 Å². The number of rotatable bonds is 7. The number of aryl methyl sites for hydroxylation is 1. The third-order valence-corrected chi connectivity index (χ3v) is 7.41. The van der Waals surface area contributed by atoms with Gasteiger partial charge in [0.05, 0.1) is 18.1 Å². The largest absolute Gasteiger partial charge is 0.344 e. The van der Waals surface area contributed by atoms with Crippen molar-refractivity contribution < 1.29 is 13.2 Å². The first-order valence-electron chi connectivity index (χ1n) is 9.88. The van der Waals surface area contributed by atoms with Crippen molar-refractivity contribution in [2.45, 2.75) is 52.7 Å². The molecule has 3 rings (SSSR count). The van der Waals surface area contributed by atoms with Gasteiger partial charge < -0.3 is 4.57 Å². The highest BCUT2D eigenvalue weighted by Crippen LogP contribution is 2.29. The van der Waals surface area contributed by atoms with Crippen LogP contribution in [0.4, 0.5) is 0 Å². The zero-order chi connectivity index (χ0) is 20.5. The highest BCUT2D eigenvalue weighted by Gasteiger charge is 2.32. The predicted molar refractivity (Wildman–Crippen MR) is 113 cm³/mol. The summed E-state index contributed by atoms with van der Waals surface area (Å²) >= 11 is 0. The molecule has 1 aromatic heterocycles. The number of aromatic nitrogens is 1. The second-order valence-electron chi connectivity index (χ2n) is 8.12. The Morgan fingerprint density at radius 2 is 1.89 bits per heavy atom. The molecule has 1 unspecified atom stereocenters. The van der Waals surface area contributed by atoms with Gasteiger partial charge in [0.15, 0.2) is 15.6 Å². The van der Waals surface area contributed by atoms with Crippen LogP contribution < -0.4 is 0 Å². The zero-order valence-corrected chi connectivity index (χ0v) is 18.0. The van der Waals surface area contributed by atoms with Gasteiger partial charge in [-0.1, -0.05) is 30.3 Å². The van der Waals surface area contributed by atoms with Crippen molar-refractivity contribution in [2.75, 3.05) is 18.1 Å². The normalized spacial score (nSPS) is 18.9. The molecule has 0 N–H and O–H groups in total. The second-order valence-corrected chi connectivity index (χ2v) is 10.3. The molecule has 1 fully saturated rings. The smallest absolute Gasteiger partial charge is 0.178 e. The van der Waals surface area contributed by atoms with E-state index < -0.39 is 9.84 Å². The number of benzene rings is 1. The number of carbonyl (C=O) groups excluding carboxylic acids is 1. The van der Waals surface area contributed by atoms with E-state index in [9.17, 15) is 13.2 Å². The third kappa shape index (κ3) is 4.55.